The van der Waals surface area contributed by atoms with E-state index in [2.05, 4.69) is 54.1 Å². The van der Waals surface area contributed by atoms with E-state index in [-0.39, 0.29) is 0 Å². The van der Waals surface area contributed by atoms with E-state index in [9.17, 15) is 0 Å². The fourth-order valence-corrected chi connectivity index (χ4v) is 2.61. The second kappa shape index (κ2) is 5.41. The summed E-state index contributed by atoms with van der Waals surface area (Å²) in [5.41, 5.74) is 6.68. The second-order valence-electron chi connectivity index (χ2n) is 5.94. The highest BCUT2D eigenvalue weighted by atomic mass is 15.3. The molecule has 0 atom stereocenters. The van der Waals surface area contributed by atoms with Crippen LogP contribution in [0, 0.1) is 20.8 Å². The van der Waals surface area contributed by atoms with Crippen molar-refractivity contribution in [3.05, 3.63) is 52.3 Å². The minimum absolute atomic E-state index is 0.747. The average Bonchev–Trinajstić information content (AvgIpc) is 3.18. The van der Waals surface area contributed by atoms with E-state index in [1.54, 1.807) is 0 Å². The molecule has 20 heavy (non-hydrogen) atoms. The lowest BCUT2D eigenvalue weighted by molar-refractivity contribution is 0.650. The fraction of sp³-hybridized carbons (Fsp3) is 0.471. The summed E-state index contributed by atoms with van der Waals surface area (Å²) in [5, 5.41) is 8.13. The van der Waals surface area contributed by atoms with Gasteiger partial charge in [-0.25, -0.2) is 0 Å². The van der Waals surface area contributed by atoms with E-state index in [4.69, 9.17) is 0 Å². The Morgan fingerprint density at radius 1 is 1.20 bits per heavy atom. The second-order valence-corrected chi connectivity index (χ2v) is 5.94. The highest BCUT2D eigenvalue weighted by Gasteiger charge is 2.20. The Hall–Kier alpha value is -1.61. The van der Waals surface area contributed by atoms with Gasteiger partial charge in [-0.2, -0.15) is 5.10 Å². The molecule has 106 valence electrons. The molecule has 3 rings (SSSR count). The van der Waals surface area contributed by atoms with E-state index < -0.39 is 0 Å². The smallest absolute Gasteiger partial charge is 0.0667 e. The number of hydrogen-bond acceptors (Lipinski definition) is 2. The molecule has 1 heterocycles. The van der Waals surface area contributed by atoms with Crippen molar-refractivity contribution in [1.29, 1.82) is 0 Å². The molecule has 1 aliphatic rings. The van der Waals surface area contributed by atoms with E-state index in [1.807, 2.05) is 6.20 Å². The maximum absolute atomic E-state index is 4.57. The summed E-state index contributed by atoms with van der Waals surface area (Å²) in [7, 11) is 0. The van der Waals surface area contributed by atoms with Gasteiger partial charge in [-0.15, -0.1) is 0 Å². The van der Waals surface area contributed by atoms with Crippen molar-refractivity contribution in [2.45, 2.75) is 52.7 Å². The van der Waals surface area contributed by atoms with Crippen LogP contribution in [0.2, 0.25) is 0 Å². The van der Waals surface area contributed by atoms with Crippen LogP contribution < -0.4 is 5.32 Å². The maximum atomic E-state index is 4.57. The first-order valence-electron chi connectivity index (χ1n) is 7.45. The molecular weight excluding hydrogens is 246 g/mol. The zero-order valence-electron chi connectivity index (χ0n) is 12.6. The van der Waals surface area contributed by atoms with Crippen LogP contribution in [0.4, 0.5) is 0 Å². The third-order valence-electron chi connectivity index (χ3n) is 4.32. The quantitative estimate of drug-likeness (QED) is 0.904. The SMILES string of the molecule is Cc1cccc(C)c1Cn1ncc(CNC2CC2)c1C. The van der Waals surface area contributed by atoms with Crippen molar-refractivity contribution in [3.8, 4) is 0 Å². The molecule has 0 amide bonds. The third kappa shape index (κ3) is 2.78. The summed E-state index contributed by atoms with van der Waals surface area (Å²) in [4.78, 5) is 0. The summed E-state index contributed by atoms with van der Waals surface area (Å²) >= 11 is 0. The standard InChI is InChI=1S/C17H23N3/c1-12-5-4-6-13(2)17(12)11-20-14(3)15(10-19-20)9-18-16-7-8-16/h4-6,10,16,18H,7-9,11H2,1-3H3. The molecule has 0 spiro atoms. The molecule has 1 aromatic heterocycles. The average molecular weight is 269 g/mol. The molecule has 1 saturated carbocycles. The van der Waals surface area contributed by atoms with Crippen molar-refractivity contribution in [2.75, 3.05) is 0 Å². The number of nitrogens with one attached hydrogen (secondary N) is 1. The largest absolute Gasteiger partial charge is 0.310 e. The molecule has 1 aliphatic carbocycles. The predicted octanol–water partition coefficient (Wildman–Crippen LogP) is 3.11. The molecule has 3 nitrogen and oxygen atoms in total. The fourth-order valence-electron chi connectivity index (χ4n) is 2.61. The Kier molecular flexibility index (Phi) is 3.62. The Balaban J connectivity index is 1.77. The van der Waals surface area contributed by atoms with Crippen molar-refractivity contribution >= 4 is 0 Å². The Labute approximate surface area is 121 Å². The molecule has 0 radical (unpaired) electrons. The molecule has 0 saturated heterocycles. The topological polar surface area (TPSA) is 29.9 Å². The van der Waals surface area contributed by atoms with Gasteiger partial charge in [0, 0.05) is 23.8 Å². The van der Waals surface area contributed by atoms with Crippen LogP contribution in [0.15, 0.2) is 24.4 Å². The van der Waals surface area contributed by atoms with Gasteiger partial charge in [-0.1, -0.05) is 18.2 Å². The molecule has 1 N–H and O–H groups in total. The summed E-state index contributed by atoms with van der Waals surface area (Å²) in [6, 6.07) is 7.22. The van der Waals surface area contributed by atoms with Crippen molar-refractivity contribution in [3.63, 3.8) is 0 Å². The van der Waals surface area contributed by atoms with E-state index >= 15 is 0 Å². The van der Waals surface area contributed by atoms with Crippen molar-refractivity contribution in [1.82, 2.24) is 15.1 Å². The number of benzene rings is 1. The Morgan fingerprint density at radius 2 is 1.90 bits per heavy atom. The van der Waals surface area contributed by atoms with Gasteiger partial charge < -0.3 is 5.32 Å². The third-order valence-corrected chi connectivity index (χ3v) is 4.32. The molecule has 2 aromatic rings. The normalized spacial score (nSPS) is 14.8. The molecule has 3 heteroatoms. The minimum atomic E-state index is 0.747. The highest BCUT2D eigenvalue weighted by molar-refractivity contribution is 5.34. The van der Waals surface area contributed by atoms with Crippen LogP contribution in [0.25, 0.3) is 0 Å². The number of nitrogens with zero attached hydrogens (tertiary/aromatic N) is 2. The first-order valence-corrected chi connectivity index (χ1v) is 7.45. The predicted molar refractivity (Wildman–Crippen MR) is 81.8 cm³/mol. The van der Waals surface area contributed by atoms with Gasteiger partial charge in [0.1, 0.15) is 0 Å². The Bertz CT molecular complexity index is 588. The lowest BCUT2D eigenvalue weighted by Crippen LogP contribution is -2.16. The molecular formula is C17H23N3. The number of hydrogen-bond donors (Lipinski definition) is 1. The van der Waals surface area contributed by atoms with Crippen LogP contribution in [0.1, 0.15) is 40.8 Å². The first kappa shape index (κ1) is 13.4. The summed E-state index contributed by atoms with van der Waals surface area (Å²) in [6.45, 7) is 8.34. The summed E-state index contributed by atoms with van der Waals surface area (Å²) in [5.74, 6) is 0. The van der Waals surface area contributed by atoms with E-state index in [0.717, 1.165) is 19.1 Å². The summed E-state index contributed by atoms with van der Waals surface area (Å²) in [6.07, 6.45) is 4.67. The molecule has 0 bridgehead atoms. The minimum Gasteiger partial charge on any atom is -0.310 e. The van der Waals surface area contributed by atoms with Gasteiger partial charge in [0.05, 0.1) is 12.7 Å². The highest BCUT2D eigenvalue weighted by Crippen LogP contribution is 2.20. The van der Waals surface area contributed by atoms with Crippen LogP contribution in [-0.4, -0.2) is 15.8 Å². The van der Waals surface area contributed by atoms with Crippen LogP contribution >= 0.6 is 0 Å². The number of aromatic nitrogens is 2. The summed E-state index contributed by atoms with van der Waals surface area (Å²) < 4.78 is 2.12. The van der Waals surface area contributed by atoms with Crippen molar-refractivity contribution < 1.29 is 0 Å². The van der Waals surface area contributed by atoms with Crippen LogP contribution in [0.3, 0.4) is 0 Å². The molecule has 0 unspecified atom stereocenters. The maximum Gasteiger partial charge on any atom is 0.0667 e. The van der Waals surface area contributed by atoms with E-state index in [1.165, 1.54) is 40.8 Å². The molecule has 0 aliphatic heterocycles. The van der Waals surface area contributed by atoms with Gasteiger partial charge in [0.25, 0.3) is 0 Å². The van der Waals surface area contributed by atoms with Gasteiger partial charge in [-0.05, 0) is 50.3 Å². The molecule has 1 aromatic carbocycles. The van der Waals surface area contributed by atoms with Gasteiger partial charge in [0.2, 0.25) is 0 Å². The molecule has 1 fully saturated rings. The lowest BCUT2D eigenvalue weighted by Gasteiger charge is -2.11. The lowest BCUT2D eigenvalue weighted by atomic mass is 10.0. The number of rotatable bonds is 5. The monoisotopic (exact) mass is 269 g/mol. The van der Waals surface area contributed by atoms with Crippen LogP contribution in [0.5, 0.6) is 0 Å². The Morgan fingerprint density at radius 3 is 2.55 bits per heavy atom. The van der Waals surface area contributed by atoms with Crippen LogP contribution in [-0.2, 0) is 13.1 Å². The number of aryl methyl sites for hydroxylation is 2. The first-order chi connectivity index (χ1) is 9.65. The van der Waals surface area contributed by atoms with Gasteiger partial charge in [-0.3, -0.25) is 4.68 Å². The van der Waals surface area contributed by atoms with E-state index in [0.29, 0.717) is 0 Å². The zero-order chi connectivity index (χ0) is 14.1. The zero-order valence-corrected chi connectivity index (χ0v) is 12.6. The van der Waals surface area contributed by atoms with Crippen molar-refractivity contribution in [2.24, 2.45) is 0 Å². The van der Waals surface area contributed by atoms with Gasteiger partial charge >= 0.3 is 0 Å². The van der Waals surface area contributed by atoms with Gasteiger partial charge in [0.15, 0.2) is 0 Å².